The molecule has 0 bridgehead atoms. The molecule has 0 spiro atoms. The molecule has 0 unspecified atom stereocenters. The molecule has 26 heavy (non-hydrogen) atoms. The number of nitrogens with one attached hydrogen (secondary N) is 2. The van der Waals surface area contributed by atoms with E-state index in [1.54, 1.807) is 25.3 Å². The number of rotatable bonds is 5. The van der Waals surface area contributed by atoms with Crippen molar-refractivity contribution in [3.05, 3.63) is 51.7 Å². The van der Waals surface area contributed by atoms with E-state index >= 15 is 0 Å². The van der Waals surface area contributed by atoms with Crippen molar-refractivity contribution >= 4 is 5.91 Å². The van der Waals surface area contributed by atoms with Crippen LogP contribution in [0.1, 0.15) is 40.6 Å². The van der Waals surface area contributed by atoms with E-state index in [0.717, 1.165) is 18.5 Å². The molecule has 2 heterocycles. The van der Waals surface area contributed by atoms with E-state index in [1.165, 1.54) is 6.07 Å². The highest BCUT2D eigenvalue weighted by molar-refractivity contribution is 5.95. The number of nitrogens with zero attached hydrogens (tertiary/aromatic N) is 1. The van der Waals surface area contributed by atoms with E-state index < -0.39 is 0 Å². The molecule has 4 rings (SSSR count). The molecule has 1 fully saturated rings. The monoisotopic (exact) mass is 357 g/mol. The van der Waals surface area contributed by atoms with Crippen molar-refractivity contribution in [1.82, 2.24) is 15.3 Å². The second-order valence-electron chi connectivity index (χ2n) is 6.46. The minimum atomic E-state index is -0.185. The van der Waals surface area contributed by atoms with Crippen LogP contribution in [-0.4, -0.2) is 35.8 Å². The molecule has 1 aliphatic carbocycles. The molecular weight excluding hydrogens is 338 g/mol. The lowest BCUT2D eigenvalue weighted by molar-refractivity contribution is 0.0907. The first-order valence-electron chi connectivity index (χ1n) is 8.42. The number of aromatic amines is 1. The molecular formula is C18H19N3O5. The van der Waals surface area contributed by atoms with Gasteiger partial charge in [0.2, 0.25) is 6.79 Å². The summed E-state index contributed by atoms with van der Waals surface area (Å²) in [6, 6.07) is 6.71. The number of amides is 1. The van der Waals surface area contributed by atoms with Crippen LogP contribution in [0.3, 0.4) is 0 Å². The number of aromatic nitrogens is 2. The number of carbonyl (C=O) groups excluding carboxylic acids is 1. The zero-order chi connectivity index (χ0) is 18.1. The van der Waals surface area contributed by atoms with Crippen LogP contribution in [0.5, 0.6) is 11.5 Å². The third-order valence-electron chi connectivity index (χ3n) is 4.62. The Morgan fingerprint density at radius 2 is 2.12 bits per heavy atom. The number of hydrogen-bond acceptors (Lipinski definition) is 6. The first kappa shape index (κ1) is 16.6. The lowest BCUT2D eigenvalue weighted by atomic mass is 9.78. The Hall–Kier alpha value is -2.87. The summed E-state index contributed by atoms with van der Waals surface area (Å²) in [4.78, 5) is 31.2. The maximum absolute atomic E-state index is 12.4. The molecule has 8 nitrogen and oxygen atoms in total. The summed E-state index contributed by atoms with van der Waals surface area (Å²) in [7, 11) is 1.55. The normalized spacial score (nSPS) is 20.5. The van der Waals surface area contributed by atoms with Crippen LogP contribution in [0, 0.1) is 0 Å². The van der Waals surface area contributed by atoms with E-state index in [9.17, 15) is 9.59 Å². The predicted molar refractivity (Wildman–Crippen MR) is 91.4 cm³/mol. The summed E-state index contributed by atoms with van der Waals surface area (Å²) in [5, 5.41) is 3.00. The second kappa shape index (κ2) is 6.80. The Morgan fingerprint density at radius 3 is 2.92 bits per heavy atom. The average molecular weight is 357 g/mol. The largest absolute Gasteiger partial charge is 0.454 e. The number of ether oxygens (including phenoxy) is 3. The van der Waals surface area contributed by atoms with Crippen LogP contribution >= 0.6 is 0 Å². The summed E-state index contributed by atoms with van der Waals surface area (Å²) in [5.74, 6) is 1.77. The number of methoxy groups -OCH3 is 1. The molecule has 1 saturated carbocycles. The van der Waals surface area contributed by atoms with E-state index in [-0.39, 0.29) is 36.8 Å². The summed E-state index contributed by atoms with van der Waals surface area (Å²) < 4.78 is 15.6. The van der Waals surface area contributed by atoms with Crippen molar-refractivity contribution in [1.29, 1.82) is 0 Å². The second-order valence-corrected chi connectivity index (χ2v) is 6.46. The smallest absolute Gasteiger partial charge is 0.251 e. The number of hydrogen-bond donors (Lipinski definition) is 2. The molecule has 2 aliphatic rings. The summed E-state index contributed by atoms with van der Waals surface area (Å²) >= 11 is 0. The van der Waals surface area contributed by atoms with Gasteiger partial charge in [-0.15, -0.1) is 0 Å². The maximum atomic E-state index is 12.4. The Morgan fingerprint density at radius 1 is 1.31 bits per heavy atom. The Kier molecular flexibility index (Phi) is 4.34. The number of H-pyrrole nitrogens is 1. The van der Waals surface area contributed by atoms with E-state index in [0.29, 0.717) is 22.9 Å². The maximum Gasteiger partial charge on any atom is 0.251 e. The average Bonchev–Trinajstić information content (AvgIpc) is 3.04. The highest BCUT2D eigenvalue weighted by atomic mass is 16.7. The quantitative estimate of drug-likeness (QED) is 0.837. The van der Waals surface area contributed by atoms with Crippen LogP contribution in [0.2, 0.25) is 0 Å². The van der Waals surface area contributed by atoms with Gasteiger partial charge in [-0.05, 0) is 31.0 Å². The summed E-state index contributed by atoms with van der Waals surface area (Å²) in [6.07, 6.45) is 1.50. The van der Waals surface area contributed by atoms with Crippen molar-refractivity contribution in [3.63, 3.8) is 0 Å². The first-order valence-corrected chi connectivity index (χ1v) is 8.42. The van der Waals surface area contributed by atoms with Crippen molar-refractivity contribution in [2.24, 2.45) is 0 Å². The third-order valence-corrected chi connectivity index (χ3v) is 4.62. The van der Waals surface area contributed by atoms with Crippen LogP contribution in [0.4, 0.5) is 0 Å². The van der Waals surface area contributed by atoms with Gasteiger partial charge in [0.1, 0.15) is 12.4 Å². The van der Waals surface area contributed by atoms with Gasteiger partial charge in [0.05, 0.1) is 5.69 Å². The highest BCUT2D eigenvalue weighted by Gasteiger charge is 2.33. The van der Waals surface area contributed by atoms with Crippen LogP contribution in [0.25, 0.3) is 0 Å². The molecule has 0 saturated heterocycles. The molecule has 1 amide bonds. The number of benzene rings is 1. The van der Waals surface area contributed by atoms with E-state index in [4.69, 9.17) is 14.2 Å². The van der Waals surface area contributed by atoms with Crippen LogP contribution in [-0.2, 0) is 11.3 Å². The summed E-state index contributed by atoms with van der Waals surface area (Å²) in [5.41, 5.74) is 1.10. The highest BCUT2D eigenvalue weighted by Crippen LogP contribution is 2.36. The fourth-order valence-electron chi connectivity index (χ4n) is 3.23. The SMILES string of the molecule is COCc1nc(C2CC(NC(=O)c3ccc4c(c3)OCO4)C2)cc(=O)[nH]1. The number of fused-ring (bicyclic) bond motifs is 1. The third kappa shape index (κ3) is 3.28. The van der Waals surface area contributed by atoms with Gasteiger partial charge < -0.3 is 24.5 Å². The van der Waals surface area contributed by atoms with E-state index in [2.05, 4.69) is 15.3 Å². The Balaban J connectivity index is 1.36. The molecule has 1 aliphatic heterocycles. The van der Waals surface area contributed by atoms with Gasteiger partial charge in [0, 0.05) is 30.7 Å². The summed E-state index contributed by atoms with van der Waals surface area (Å²) in [6.45, 7) is 0.444. The minimum absolute atomic E-state index is 0.0601. The molecule has 0 atom stereocenters. The van der Waals surface area contributed by atoms with Gasteiger partial charge in [-0.2, -0.15) is 0 Å². The van der Waals surface area contributed by atoms with Crippen molar-refractivity contribution in [2.45, 2.75) is 31.4 Å². The van der Waals surface area contributed by atoms with Crippen molar-refractivity contribution < 1.29 is 19.0 Å². The van der Waals surface area contributed by atoms with Gasteiger partial charge in [-0.25, -0.2) is 4.98 Å². The standard InChI is InChI=1S/C18H19N3O5/c1-24-8-16-20-13(7-17(22)21-16)11-4-12(5-11)19-18(23)10-2-3-14-15(6-10)26-9-25-14/h2-3,6-7,11-12H,4-5,8-9H2,1H3,(H,19,23)(H,20,21,22). The lowest BCUT2D eigenvalue weighted by Crippen LogP contribution is -2.43. The lowest BCUT2D eigenvalue weighted by Gasteiger charge is -2.35. The predicted octanol–water partition coefficient (Wildman–Crippen LogP) is 1.32. The molecule has 2 N–H and O–H groups in total. The fraction of sp³-hybridized carbons (Fsp3) is 0.389. The van der Waals surface area contributed by atoms with Crippen LogP contribution < -0.4 is 20.3 Å². The van der Waals surface area contributed by atoms with Gasteiger partial charge in [-0.1, -0.05) is 0 Å². The molecule has 8 heteroatoms. The molecule has 2 aromatic rings. The van der Waals surface area contributed by atoms with Gasteiger partial charge in [0.25, 0.3) is 11.5 Å². The van der Waals surface area contributed by atoms with Gasteiger partial charge in [0.15, 0.2) is 11.5 Å². The zero-order valence-corrected chi connectivity index (χ0v) is 14.3. The molecule has 1 aromatic heterocycles. The minimum Gasteiger partial charge on any atom is -0.454 e. The fourth-order valence-corrected chi connectivity index (χ4v) is 3.23. The molecule has 136 valence electrons. The Labute approximate surface area is 149 Å². The zero-order valence-electron chi connectivity index (χ0n) is 14.3. The topological polar surface area (TPSA) is 103 Å². The first-order chi connectivity index (χ1) is 12.6. The molecule has 0 radical (unpaired) electrons. The van der Waals surface area contributed by atoms with Crippen molar-refractivity contribution in [3.8, 4) is 11.5 Å². The Bertz CT molecular complexity index is 889. The van der Waals surface area contributed by atoms with Crippen LogP contribution in [0.15, 0.2) is 29.1 Å². The number of carbonyl (C=O) groups is 1. The van der Waals surface area contributed by atoms with Gasteiger partial charge >= 0.3 is 0 Å². The van der Waals surface area contributed by atoms with Gasteiger partial charge in [-0.3, -0.25) is 9.59 Å². The molecule has 1 aromatic carbocycles. The van der Waals surface area contributed by atoms with Crippen molar-refractivity contribution in [2.75, 3.05) is 13.9 Å². The van der Waals surface area contributed by atoms with E-state index in [1.807, 2.05) is 0 Å².